The summed E-state index contributed by atoms with van der Waals surface area (Å²) < 4.78 is 5.34. The zero-order chi connectivity index (χ0) is 18.8. The van der Waals surface area contributed by atoms with Crippen LogP contribution in [0.4, 0.5) is 0 Å². The standard InChI is InChI=1S/C20H20N2O4/c1-12-8-9-17(26-3)16(10-12)13(2)21-18(23)11-22-19(24)14-6-4-5-7-15(14)20(22)25/h4-10,13H,11H2,1-3H3,(H,21,23)/t13-/m0/s1. The maximum Gasteiger partial charge on any atom is 0.262 e. The maximum atomic E-state index is 12.4. The summed E-state index contributed by atoms with van der Waals surface area (Å²) in [5, 5.41) is 2.83. The third-order valence-corrected chi connectivity index (χ3v) is 4.41. The highest BCUT2D eigenvalue weighted by atomic mass is 16.5. The second-order valence-corrected chi connectivity index (χ2v) is 6.28. The minimum atomic E-state index is -0.443. The molecule has 134 valence electrons. The molecule has 26 heavy (non-hydrogen) atoms. The van der Waals surface area contributed by atoms with E-state index < -0.39 is 17.7 Å². The number of carbonyl (C=O) groups is 3. The minimum absolute atomic E-state index is 0.315. The molecule has 0 radical (unpaired) electrons. The van der Waals surface area contributed by atoms with Gasteiger partial charge in [-0.3, -0.25) is 19.3 Å². The minimum Gasteiger partial charge on any atom is -0.496 e. The van der Waals surface area contributed by atoms with Crippen molar-refractivity contribution in [1.82, 2.24) is 10.2 Å². The lowest BCUT2D eigenvalue weighted by Gasteiger charge is -2.20. The number of rotatable bonds is 5. The van der Waals surface area contributed by atoms with E-state index in [1.165, 1.54) is 0 Å². The van der Waals surface area contributed by atoms with Gasteiger partial charge in [0, 0.05) is 5.56 Å². The molecule has 1 aliphatic rings. The van der Waals surface area contributed by atoms with E-state index in [-0.39, 0.29) is 12.6 Å². The number of hydrogen-bond donors (Lipinski definition) is 1. The van der Waals surface area contributed by atoms with Crippen LogP contribution in [0.3, 0.4) is 0 Å². The second kappa shape index (κ2) is 7.00. The van der Waals surface area contributed by atoms with Crippen molar-refractivity contribution in [3.63, 3.8) is 0 Å². The van der Waals surface area contributed by atoms with Gasteiger partial charge in [-0.1, -0.05) is 29.8 Å². The molecule has 0 saturated heterocycles. The molecule has 1 aliphatic heterocycles. The molecule has 6 heteroatoms. The monoisotopic (exact) mass is 352 g/mol. The topological polar surface area (TPSA) is 75.7 Å². The summed E-state index contributed by atoms with van der Waals surface area (Å²) in [6.45, 7) is 3.47. The largest absolute Gasteiger partial charge is 0.496 e. The third kappa shape index (κ3) is 3.18. The van der Waals surface area contributed by atoms with Crippen LogP contribution >= 0.6 is 0 Å². The van der Waals surface area contributed by atoms with Crippen LogP contribution in [0.2, 0.25) is 0 Å². The van der Waals surface area contributed by atoms with Crippen LogP contribution in [-0.2, 0) is 4.79 Å². The van der Waals surface area contributed by atoms with Crippen LogP contribution in [0, 0.1) is 6.92 Å². The van der Waals surface area contributed by atoms with Crippen LogP contribution in [0.15, 0.2) is 42.5 Å². The van der Waals surface area contributed by atoms with Gasteiger partial charge in [0.1, 0.15) is 12.3 Å². The van der Waals surface area contributed by atoms with Gasteiger partial charge in [-0.05, 0) is 32.0 Å². The van der Waals surface area contributed by atoms with Crippen molar-refractivity contribution in [2.45, 2.75) is 19.9 Å². The Hall–Kier alpha value is -3.15. The van der Waals surface area contributed by atoms with Crippen molar-refractivity contribution in [2.75, 3.05) is 13.7 Å². The Morgan fingerprint density at radius 2 is 1.73 bits per heavy atom. The number of fused-ring (bicyclic) bond motifs is 1. The number of nitrogens with one attached hydrogen (secondary N) is 1. The lowest BCUT2D eigenvalue weighted by molar-refractivity contribution is -0.122. The Bertz CT molecular complexity index is 856. The first-order valence-electron chi connectivity index (χ1n) is 8.31. The van der Waals surface area contributed by atoms with E-state index in [9.17, 15) is 14.4 Å². The highest BCUT2D eigenvalue weighted by Gasteiger charge is 2.36. The lowest BCUT2D eigenvalue weighted by Crippen LogP contribution is -2.41. The van der Waals surface area contributed by atoms with E-state index in [2.05, 4.69) is 5.32 Å². The number of amides is 3. The highest BCUT2D eigenvalue weighted by Crippen LogP contribution is 2.26. The van der Waals surface area contributed by atoms with E-state index in [4.69, 9.17) is 4.74 Å². The molecule has 1 heterocycles. The highest BCUT2D eigenvalue weighted by molar-refractivity contribution is 6.22. The number of benzene rings is 2. The zero-order valence-electron chi connectivity index (χ0n) is 14.9. The SMILES string of the molecule is COc1ccc(C)cc1[C@H](C)NC(=O)CN1C(=O)c2ccccc2C1=O. The van der Waals surface area contributed by atoms with Gasteiger partial charge in [-0.25, -0.2) is 0 Å². The summed E-state index contributed by atoms with van der Waals surface area (Å²) in [5.41, 5.74) is 2.54. The van der Waals surface area contributed by atoms with Gasteiger partial charge in [-0.15, -0.1) is 0 Å². The van der Waals surface area contributed by atoms with Gasteiger partial charge in [0.2, 0.25) is 5.91 Å². The fourth-order valence-corrected chi connectivity index (χ4v) is 3.08. The second-order valence-electron chi connectivity index (χ2n) is 6.28. The normalized spacial score (nSPS) is 14.2. The first-order chi connectivity index (χ1) is 12.4. The van der Waals surface area contributed by atoms with E-state index >= 15 is 0 Å². The molecule has 3 amide bonds. The van der Waals surface area contributed by atoms with Crippen LogP contribution < -0.4 is 10.1 Å². The van der Waals surface area contributed by atoms with Crippen LogP contribution in [-0.4, -0.2) is 36.3 Å². The third-order valence-electron chi connectivity index (χ3n) is 4.41. The Balaban J connectivity index is 1.71. The summed E-state index contributed by atoms with van der Waals surface area (Å²) >= 11 is 0. The average molecular weight is 352 g/mol. The predicted molar refractivity (Wildman–Crippen MR) is 96.1 cm³/mol. The first kappa shape index (κ1) is 17.7. The summed E-state index contributed by atoms with van der Waals surface area (Å²) in [6.07, 6.45) is 0. The van der Waals surface area contributed by atoms with Gasteiger partial charge in [0.15, 0.2) is 0 Å². The number of imide groups is 1. The summed E-state index contributed by atoms with van der Waals surface area (Å²) in [5.74, 6) is -0.622. The molecule has 0 fully saturated rings. The van der Waals surface area contributed by atoms with Crippen LogP contribution in [0.5, 0.6) is 5.75 Å². The number of hydrogen-bond acceptors (Lipinski definition) is 4. The summed E-state index contributed by atoms with van der Waals surface area (Å²) in [4.78, 5) is 38.1. The van der Waals surface area contributed by atoms with Crippen LogP contribution in [0.25, 0.3) is 0 Å². The number of aryl methyl sites for hydroxylation is 1. The lowest BCUT2D eigenvalue weighted by atomic mass is 10.0. The molecule has 3 rings (SSSR count). The maximum absolute atomic E-state index is 12.4. The molecule has 0 saturated carbocycles. The Labute approximate surface area is 151 Å². The van der Waals surface area contributed by atoms with Crippen molar-refractivity contribution in [3.8, 4) is 5.75 Å². The van der Waals surface area contributed by atoms with Gasteiger partial charge < -0.3 is 10.1 Å². The molecule has 0 bridgehead atoms. The fourth-order valence-electron chi connectivity index (χ4n) is 3.08. The molecule has 1 N–H and O–H groups in total. The Morgan fingerprint density at radius 3 is 2.31 bits per heavy atom. The van der Waals surface area contributed by atoms with Crippen molar-refractivity contribution in [1.29, 1.82) is 0 Å². The van der Waals surface area contributed by atoms with E-state index in [0.29, 0.717) is 16.9 Å². The average Bonchev–Trinajstić information content (AvgIpc) is 2.87. The molecule has 1 atom stereocenters. The molecule has 6 nitrogen and oxygen atoms in total. The molecule has 0 spiro atoms. The summed E-state index contributed by atoms with van der Waals surface area (Å²) in [7, 11) is 1.57. The molecule has 2 aromatic rings. The van der Waals surface area contributed by atoms with E-state index in [1.807, 2.05) is 32.0 Å². The van der Waals surface area contributed by atoms with Crippen molar-refractivity contribution >= 4 is 17.7 Å². The van der Waals surface area contributed by atoms with Crippen molar-refractivity contribution in [2.24, 2.45) is 0 Å². The molecular weight excluding hydrogens is 332 g/mol. The van der Waals surface area contributed by atoms with E-state index in [0.717, 1.165) is 16.0 Å². The Morgan fingerprint density at radius 1 is 1.12 bits per heavy atom. The molecule has 0 unspecified atom stereocenters. The van der Waals surface area contributed by atoms with Gasteiger partial charge in [-0.2, -0.15) is 0 Å². The van der Waals surface area contributed by atoms with Crippen molar-refractivity contribution in [3.05, 3.63) is 64.7 Å². The molecular formula is C20H20N2O4. The molecule has 2 aromatic carbocycles. The van der Waals surface area contributed by atoms with Crippen molar-refractivity contribution < 1.29 is 19.1 Å². The molecule has 0 aliphatic carbocycles. The smallest absolute Gasteiger partial charge is 0.262 e. The fraction of sp³-hybridized carbons (Fsp3) is 0.250. The predicted octanol–water partition coefficient (Wildman–Crippen LogP) is 2.48. The van der Waals surface area contributed by atoms with Gasteiger partial charge >= 0.3 is 0 Å². The quantitative estimate of drug-likeness (QED) is 0.839. The zero-order valence-corrected chi connectivity index (χ0v) is 14.9. The number of ether oxygens (including phenoxy) is 1. The van der Waals surface area contributed by atoms with Gasteiger partial charge in [0.05, 0.1) is 24.3 Å². The number of methoxy groups -OCH3 is 1. The van der Waals surface area contributed by atoms with E-state index in [1.54, 1.807) is 31.4 Å². The summed E-state index contributed by atoms with van der Waals surface area (Å²) in [6, 6.07) is 12.0. The van der Waals surface area contributed by atoms with Crippen LogP contribution in [0.1, 0.15) is 44.8 Å². The Kier molecular flexibility index (Phi) is 4.75. The molecule has 0 aromatic heterocycles. The first-order valence-corrected chi connectivity index (χ1v) is 8.31. The van der Waals surface area contributed by atoms with Gasteiger partial charge in [0.25, 0.3) is 11.8 Å². The number of nitrogens with zero attached hydrogens (tertiary/aromatic N) is 1. The number of carbonyl (C=O) groups excluding carboxylic acids is 3.